The molecule has 88 valence electrons. The van der Waals surface area contributed by atoms with Gasteiger partial charge in [0.1, 0.15) is 12.4 Å². The summed E-state index contributed by atoms with van der Waals surface area (Å²) in [4.78, 5) is 11.7. The van der Waals surface area contributed by atoms with Crippen LogP contribution in [0.25, 0.3) is 0 Å². The third-order valence-electron chi connectivity index (χ3n) is 3.08. The zero-order valence-corrected chi connectivity index (χ0v) is 9.48. The molecule has 0 amide bonds. The number of furan rings is 1. The summed E-state index contributed by atoms with van der Waals surface area (Å²) in [6, 6.07) is 1.64. The van der Waals surface area contributed by atoms with Crippen molar-refractivity contribution in [3.8, 4) is 0 Å². The first kappa shape index (κ1) is 11.2. The van der Waals surface area contributed by atoms with Crippen molar-refractivity contribution < 1.29 is 13.9 Å². The SMILES string of the molecule is O=C(OC1CCCCCCC1)c1ccoc1. The highest BCUT2D eigenvalue weighted by molar-refractivity contribution is 5.88. The van der Waals surface area contributed by atoms with Gasteiger partial charge < -0.3 is 9.15 Å². The maximum absolute atomic E-state index is 11.7. The van der Waals surface area contributed by atoms with Gasteiger partial charge in [-0.1, -0.05) is 19.3 Å². The van der Waals surface area contributed by atoms with Crippen LogP contribution in [-0.2, 0) is 4.74 Å². The van der Waals surface area contributed by atoms with Crippen molar-refractivity contribution in [2.45, 2.75) is 51.0 Å². The molecule has 0 bridgehead atoms. The second kappa shape index (κ2) is 5.73. The van der Waals surface area contributed by atoms with Crippen molar-refractivity contribution >= 4 is 5.97 Å². The van der Waals surface area contributed by atoms with E-state index >= 15 is 0 Å². The van der Waals surface area contributed by atoms with Gasteiger partial charge in [0.2, 0.25) is 0 Å². The Labute approximate surface area is 95.8 Å². The third kappa shape index (κ3) is 3.12. The molecule has 3 heteroatoms. The molecule has 0 atom stereocenters. The van der Waals surface area contributed by atoms with Crippen molar-refractivity contribution in [2.24, 2.45) is 0 Å². The molecule has 2 rings (SSSR count). The minimum absolute atomic E-state index is 0.0997. The van der Waals surface area contributed by atoms with Crippen LogP contribution < -0.4 is 0 Å². The second-order valence-corrected chi connectivity index (χ2v) is 4.38. The van der Waals surface area contributed by atoms with Crippen LogP contribution in [0, 0.1) is 0 Å². The highest BCUT2D eigenvalue weighted by Crippen LogP contribution is 2.20. The summed E-state index contributed by atoms with van der Waals surface area (Å²) in [5, 5.41) is 0. The molecule has 1 aliphatic rings. The molecule has 0 unspecified atom stereocenters. The van der Waals surface area contributed by atoms with Crippen LogP contribution in [0.15, 0.2) is 23.0 Å². The predicted octanol–water partition coefficient (Wildman–Crippen LogP) is 3.55. The molecule has 16 heavy (non-hydrogen) atoms. The van der Waals surface area contributed by atoms with Crippen molar-refractivity contribution in [3.05, 3.63) is 24.2 Å². The van der Waals surface area contributed by atoms with E-state index in [1.54, 1.807) is 6.07 Å². The van der Waals surface area contributed by atoms with Crippen molar-refractivity contribution in [3.63, 3.8) is 0 Å². The van der Waals surface area contributed by atoms with Crippen LogP contribution in [0.4, 0.5) is 0 Å². The number of esters is 1. The highest BCUT2D eigenvalue weighted by atomic mass is 16.5. The van der Waals surface area contributed by atoms with Crippen molar-refractivity contribution in [2.75, 3.05) is 0 Å². The fourth-order valence-electron chi connectivity index (χ4n) is 2.14. The van der Waals surface area contributed by atoms with E-state index in [0.29, 0.717) is 5.56 Å². The monoisotopic (exact) mass is 222 g/mol. The largest absolute Gasteiger partial charge is 0.472 e. The van der Waals surface area contributed by atoms with Crippen LogP contribution >= 0.6 is 0 Å². The lowest BCUT2D eigenvalue weighted by molar-refractivity contribution is 0.0238. The van der Waals surface area contributed by atoms with Gasteiger partial charge in [0.25, 0.3) is 0 Å². The molecule has 0 spiro atoms. The fraction of sp³-hybridized carbons (Fsp3) is 0.615. The van der Waals surface area contributed by atoms with Gasteiger partial charge in [-0.25, -0.2) is 4.79 Å². The number of carbonyl (C=O) groups is 1. The zero-order valence-electron chi connectivity index (χ0n) is 9.48. The standard InChI is InChI=1S/C13H18O3/c14-13(11-8-9-15-10-11)16-12-6-4-2-1-3-5-7-12/h8-10,12H,1-7H2. The van der Waals surface area contributed by atoms with E-state index < -0.39 is 0 Å². The molecular weight excluding hydrogens is 204 g/mol. The van der Waals surface area contributed by atoms with E-state index in [0.717, 1.165) is 12.8 Å². The summed E-state index contributed by atoms with van der Waals surface area (Å²) < 4.78 is 10.3. The van der Waals surface area contributed by atoms with Gasteiger partial charge in [-0.2, -0.15) is 0 Å². The Morgan fingerprint density at radius 1 is 1.19 bits per heavy atom. The van der Waals surface area contributed by atoms with Gasteiger partial charge in [0.05, 0.1) is 11.8 Å². The zero-order chi connectivity index (χ0) is 11.2. The first-order valence-electron chi connectivity index (χ1n) is 6.09. The lowest BCUT2D eigenvalue weighted by Crippen LogP contribution is -2.19. The van der Waals surface area contributed by atoms with Crippen LogP contribution in [0.2, 0.25) is 0 Å². The number of hydrogen-bond donors (Lipinski definition) is 0. The first-order chi connectivity index (χ1) is 7.86. The van der Waals surface area contributed by atoms with E-state index in [2.05, 4.69) is 0 Å². The summed E-state index contributed by atoms with van der Waals surface area (Å²) in [6.45, 7) is 0. The molecule has 1 fully saturated rings. The Morgan fingerprint density at radius 3 is 2.50 bits per heavy atom. The lowest BCUT2D eigenvalue weighted by Gasteiger charge is -2.19. The maximum Gasteiger partial charge on any atom is 0.341 e. The molecule has 0 saturated heterocycles. The van der Waals surface area contributed by atoms with Gasteiger partial charge in [0.15, 0.2) is 0 Å². The van der Waals surface area contributed by atoms with Gasteiger partial charge in [-0.15, -0.1) is 0 Å². The third-order valence-corrected chi connectivity index (χ3v) is 3.08. The molecule has 1 aromatic rings. The quantitative estimate of drug-likeness (QED) is 0.718. The van der Waals surface area contributed by atoms with Crippen LogP contribution in [0.5, 0.6) is 0 Å². The van der Waals surface area contributed by atoms with Crippen LogP contribution in [0.3, 0.4) is 0 Å². The smallest absolute Gasteiger partial charge is 0.341 e. The summed E-state index contributed by atoms with van der Waals surface area (Å²) in [5.74, 6) is -0.251. The molecule has 3 nitrogen and oxygen atoms in total. The van der Waals surface area contributed by atoms with Crippen molar-refractivity contribution in [1.29, 1.82) is 0 Å². The van der Waals surface area contributed by atoms with Crippen LogP contribution in [-0.4, -0.2) is 12.1 Å². The maximum atomic E-state index is 11.7. The number of rotatable bonds is 2. The molecule has 1 aliphatic carbocycles. The van der Waals surface area contributed by atoms with Gasteiger partial charge >= 0.3 is 5.97 Å². The summed E-state index contributed by atoms with van der Waals surface area (Å²) in [5.41, 5.74) is 0.516. The second-order valence-electron chi connectivity index (χ2n) is 4.38. The molecule has 1 heterocycles. The van der Waals surface area contributed by atoms with E-state index in [-0.39, 0.29) is 12.1 Å². The Hall–Kier alpha value is -1.25. The molecule has 1 saturated carbocycles. The average molecular weight is 222 g/mol. The van der Waals surface area contributed by atoms with E-state index in [9.17, 15) is 4.79 Å². The molecule has 0 radical (unpaired) electrons. The minimum Gasteiger partial charge on any atom is -0.472 e. The van der Waals surface area contributed by atoms with Gasteiger partial charge in [-0.3, -0.25) is 0 Å². The summed E-state index contributed by atoms with van der Waals surface area (Å²) >= 11 is 0. The summed E-state index contributed by atoms with van der Waals surface area (Å²) in [7, 11) is 0. The van der Waals surface area contributed by atoms with Gasteiger partial charge in [-0.05, 0) is 31.7 Å². The predicted molar refractivity (Wildman–Crippen MR) is 60.2 cm³/mol. The number of carbonyl (C=O) groups excluding carboxylic acids is 1. The van der Waals surface area contributed by atoms with Crippen molar-refractivity contribution in [1.82, 2.24) is 0 Å². The van der Waals surface area contributed by atoms with Crippen LogP contribution in [0.1, 0.15) is 55.3 Å². The molecule has 1 aromatic heterocycles. The molecule has 0 aliphatic heterocycles. The highest BCUT2D eigenvalue weighted by Gasteiger charge is 2.17. The van der Waals surface area contributed by atoms with E-state index in [1.165, 1.54) is 44.6 Å². The first-order valence-corrected chi connectivity index (χ1v) is 6.09. The summed E-state index contributed by atoms with van der Waals surface area (Å²) in [6.07, 6.45) is 11.2. The molecule has 0 aromatic carbocycles. The van der Waals surface area contributed by atoms with Gasteiger partial charge in [0, 0.05) is 0 Å². The lowest BCUT2D eigenvalue weighted by atomic mass is 9.98. The number of ether oxygens (including phenoxy) is 1. The van der Waals surface area contributed by atoms with E-state index in [4.69, 9.17) is 9.15 Å². The molecular formula is C13H18O3. The Bertz CT molecular complexity index is 308. The molecule has 0 N–H and O–H groups in total. The Morgan fingerprint density at radius 2 is 1.88 bits per heavy atom. The topological polar surface area (TPSA) is 39.4 Å². The minimum atomic E-state index is -0.251. The average Bonchev–Trinajstić information content (AvgIpc) is 2.74. The fourth-order valence-corrected chi connectivity index (χ4v) is 2.14. The Balaban J connectivity index is 1.85. The number of hydrogen-bond acceptors (Lipinski definition) is 3. The normalized spacial score (nSPS) is 18.8. The van der Waals surface area contributed by atoms with E-state index in [1.807, 2.05) is 0 Å². The Kier molecular flexibility index (Phi) is 4.03.